The minimum Gasteiger partial charge on any atom is -0.508 e. The van der Waals surface area contributed by atoms with E-state index in [9.17, 15) is 34.2 Å². The quantitative estimate of drug-likeness (QED) is 0.123. The van der Waals surface area contributed by atoms with Crippen LogP contribution in [0, 0.1) is 5.92 Å². The maximum atomic E-state index is 13.5. The topological polar surface area (TPSA) is 230 Å². The molecule has 3 rings (SSSR count). The molecule has 0 spiro atoms. The highest BCUT2D eigenvalue weighted by atomic mass is 16.4. The number of aromatic hydroxyl groups is 1. The largest absolute Gasteiger partial charge is 0.508 e. The lowest BCUT2D eigenvalue weighted by Crippen LogP contribution is -2.58. The number of nitrogens with one attached hydrogen (secondary N) is 4. The van der Waals surface area contributed by atoms with Gasteiger partial charge in [0.25, 0.3) is 0 Å². The molecule has 0 radical (unpaired) electrons. The van der Waals surface area contributed by atoms with Gasteiger partial charge < -0.3 is 42.6 Å². The van der Waals surface area contributed by atoms with Crippen molar-refractivity contribution in [2.24, 2.45) is 17.4 Å². The number of hydrogen-bond acceptors (Lipinski definition) is 7. The predicted octanol–water partition coefficient (Wildman–Crippen LogP) is 0.447. The maximum Gasteiger partial charge on any atom is 0.326 e. The van der Waals surface area contributed by atoms with Gasteiger partial charge in [0.05, 0.1) is 6.04 Å². The molecular weight excluding hydrogens is 556 g/mol. The highest BCUT2D eigenvalue weighted by Crippen LogP contribution is 2.19. The van der Waals surface area contributed by atoms with Gasteiger partial charge in [-0.2, -0.15) is 0 Å². The Bertz CT molecular complexity index is 1450. The molecule has 1 heterocycles. The van der Waals surface area contributed by atoms with Crippen molar-refractivity contribution in [1.29, 1.82) is 0 Å². The minimum absolute atomic E-state index is 0.0101. The smallest absolute Gasteiger partial charge is 0.326 e. The lowest BCUT2D eigenvalue weighted by Gasteiger charge is -2.26. The second-order valence-corrected chi connectivity index (χ2v) is 10.7. The van der Waals surface area contributed by atoms with Crippen LogP contribution in [0.25, 0.3) is 10.9 Å². The number of carbonyl (C=O) groups is 5. The maximum absolute atomic E-state index is 13.5. The molecule has 230 valence electrons. The van der Waals surface area contributed by atoms with Gasteiger partial charge in [0.15, 0.2) is 0 Å². The number of rotatable bonds is 15. The van der Waals surface area contributed by atoms with Crippen molar-refractivity contribution in [2.75, 3.05) is 0 Å². The Labute approximate surface area is 248 Å². The van der Waals surface area contributed by atoms with Crippen LogP contribution >= 0.6 is 0 Å². The van der Waals surface area contributed by atoms with E-state index in [1.54, 1.807) is 32.2 Å². The van der Waals surface area contributed by atoms with E-state index in [-0.39, 0.29) is 31.4 Å². The Morgan fingerprint density at radius 1 is 0.860 bits per heavy atom. The van der Waals surface area contributed by atoms with Crippen LogP contribution in [0.4, 0.5) is 0 Å². The number of fused-ring (bicyclic) bond motifs is 1. The molecule has 13 heteroatoms. The summed E-state index contributed by atoms with van der Waals surface area (Å²) in [5, 5.41) is 27.7. The summed E-state index contributed by atoms with van der Waals surface area (Å²) in [7, 11) is 0. The summed E-state index contributed by atoms with van der Waals surface area (Å²) in [6.07, 6.45) is 1.46. The fourth-order valence-electron chi connectivity index (χ4n) is 4.58. The number of amides is 4. The first kappa shape index (κ1) is 32.6. The number of H-pyrrole nitrogens is 1. The van der Waals surface area contributed by atoms with E-state index in [1.165, 1.54) is 12.1 Å². The van der Waals surface area contributed by atoms with Gasteiger partial charge in [0, 0.05) is 29.9 Å². The normalized spacial score (nSPS) is 14.0. The Balaban J connectivity index is 1.81. The van der Waals surface area contributed by atoms with E-state index >= 15 is 0 Å². The molecule has 0 fully saturated rings. The Morgan fingerprint density at radius 3 is 2.12 bits per heavy atom. The van der Waals surface area contributed by atoms with E-state index in [2.05, 4.69) is 20.9 Å². The molecule has 2 aromatic carbocycles. The molecule has 0 aliphatic heterocycles. The molecule has 10 N–H and O–H groups in total. The predicted molar refractivity (Wildman–Crippen MR) is 158 cm³/mol. The number of aromatic nitrogens is 1. The summed E-state index contributed by atoms with van der Waals surface area (Å²) in [5.74, 6) is -4.63. The van der Waals surface area contributed by atoms with Crippen molar-refractivity contribution < 1.29 is 34.2 Å². The van der Waals surface area contributed by atoms with Gasteiger partial charge >= 0.3 is 5.97 Å². The Kier molecular flexibility index (Phi) is 11.2. The molecule has 1 aromatic heterocycles. The average molecular weight is 595 g/mol. The van der Waals surface area contributed by atoms with Gasteiger partial charge in [0.2, 0.25) is 23.6 Å². The summed E-state index contributed by atoms with van der Waals surface area (Å²) in [5.41, 5.74) is 13.8. The van der Waals surface area contributed by atoms with Crippen LogP contribution in [0.3, 0.4) is 0 Å². The van der Waals surface area contributed by atoms with Gasteiger partial charge in [-0.1, -0.05) is 44.2 Å². The Hall–Kier alpha value is -4.91. The van der Waals surface area contributed by atoms with Gasteiger partial charge in [-0.3, -0.25) is 19.2 Å². The molecule has 0 aliphatic carbocycles. The summed E-state index contributed by atoms with van der Waals surface area (Å²) in [4.78, 5) is 66.1. The first-order valence-electron chi connectivity index (χ1n) is 13.9. The highest BCUT2D eigenvalue weighted by Gasteiger charge is 2.31. The summed E-state index contributed by atoms with van der Waals surface area (Å²) < 4.78 is 0. The van der Waals surface area contributed by atoms with Gasteiger partial charge in [-0.25, -0.2) is 4.79 Å². The van der Waals surface area contributed by atoms with Crippen LogP contribution in [-0.2, 0) is 36.8 Å². The lowest BCUT2D eigenvalue weighted by molar-refractivity contribution is -0.143. The number of primary amides is 1. The van der Waals surface area contributed by atoms with E-state index in [4.69, 9.17) is 11.5 Å². The third-order valence-electron chi connectivity index (χ3n) is 7.00. The molecule has 13 nitrogen and oxygen atoms in total. The number of para-hydroxylation sites is 1. The van der Waals surface area contributed by atoms with E-state index in [0.29, 0.717) is 5.56 Å². The van der Waals surface area contributed by atoms with Crippen LogP contribution in [0.15, 0.2) is 54.7 Å². The number of hydrogen-bond donors (Lipinski definition) is 8. The number of benzene rings is 2. The van der Waals surface area contributed by atoms with Gasteiger partial charge in [-0.15, -0.1) is 0 Å². The SMILES string of the molecule is CC(C)C(NC(=O)C(CCC(N)=O)NC(=O)C(Cc1ccc(O)cc1)NC(=O)C(N)Cc1c[nH]c2ccccc12)C(=O)O. The molecular formula is C30H38N6O7. The third-order valence-corrected chi connectivity index (χ3v) is 7.00. The van der Waals surface area contributed by atoms with Crippen LogP contribution in [0.1, 0.15) is 37.8 Å². The second kappa shape index (κ2) is 14.8. The summed E-state index contributed by atoms with van der Waals surface area (Å²) in [6.45, 7) is 3.22. The molecule has 0 aliphatic rings. The fraction of sp³-hybridized carbons (Fsp3) is 0.367. The zero-order valence-corrected chi connectivity index (χ0v) is 24.0. The molecule has 43 heavy (non-hydrogen) atoms. The van der Waals surface area contributed by atoms with Crippen LogP contribution < -0.4 is 27.4 Å². The van der Waals surface area contributed by atoms with Crippen LogP contribution in [-0.4, -0.2) is 69.0 Å². The minimum atomic E-state index is -1.32. The van der Waals surface area contributed by atoms with Crippen molar-refractivity contribution >= 4 is 40.5 Å². The number of aliphatic carboxylic acids is 1. The average Bonchev–Trinajstić information content (AvgIpc) is 3.36. The third kappa shape index (κ3) is 9.30. The number of nitrogens with two attached hydrogens (primary N) is 2. The lowest BCUT2D eigenvalue weighted by atomic mass is 10.0. The first-order valence-corrected chi connectivity index (χ1v) is 13.9. The van der Waals surface area contributed by atoms with Crippen molar-refractivity contribution in [1.82, 2.24) is 20.9 Å². The second-order valence-electron chi connectivity index (χ2n) is 10.7. The number of aromatic amines is 1. The molecule has 0 saturated carbocycles. The van der Waals surface area contributed by atoms with Crippen molar-refractivity contribution in [2.45, 2.75) is 63.7 Å². The van der Waals surface area contributed by atoms with Crippen LogP contribution in [0.2, 0.25) is 0 Å². The van der Waals surface area contributed by atoms with Crippen molar-refractivity contribution in [3.63, 3.8) is 0 Å². The zero-order chi connectivity index (χ0) is 31.7. The first-order chi connectivity index (χ1) is 20.3. The molecule has 0 bridgehead atoms. The molecule has 4 unspecified atom stereocenters. The summed E-state index contributed by atoms with van der Waals surface area (Å²) >= 11 is 0. The van der Waals surface area contributed by atoms with Gasteiger partial charge in [-0.05, 0) is 48.1 Å². The van der Waals surface area contributed by atoms with Crippen molar-refractivity contribution in [3.8, 4) is 5.75 Å². The molecule has 4 atom stereocenters. The number of phenolic OH excluding ortho intramolecular Hbond substituents is 1. The number of carboxylic acids is 1. The van der Waals surface area contributed by atoms with Crippen LogP contribution in [0.5, 0.6) is 5.75 Å². The van der Waals surface area contributed by atoms with Gasteiger partial charge in [0.1, 0.15) is 23.9 Å². The van der Waals surface area contributed by atoms with E-state index < -0.39 is 59.7 Å². The van der Waals surface area contributed by atoms with E-state index in [0.717, 1.165) is 16.5 Å². The number of phenols is 1. The standard InChI is InChI=1S/C30H38N6O7/c1-16(2)26(30(42)43)36-28(40)23(11-12-25(32)38)34-29(41)24(13-17-7-9-19(37)10-8-17)35-27(39)21(31)14-18-15-33-22-6-4-3-5-20(18)22/h3-10,15-16,21,23-24,26,33,37H,11-14,31H2,1-2H3,(H2,32,38)(H,34,41)(H,35,39)(H,36,40)(H,42,43). The molecule has 3 aromatic rings. The van der Waals surface area contributed by atoms with E-state index in [1.807, 2.05) is 24.3 Å². The highest BCUT2D eigenvalue weighted by molar-refractivity contribution is 5.95. The molecule has 0 saturated heterocycles. The fourth-order valence-corrected chi connectivity index (χ4v) is 4.58. The van der Waals surface area contributed by atoms with Crippen molar-refractivity contribution in [3.05, 3.63) is 65.9 Å². The number of carbonyl (C=O) groups excluding carboxylic acids is 4. The Morgan fingerprint density at radius 2 is 1.49 bits per heavy atom. The zero-order valence-electron chi connectivity index (χ0n) is 24.0. The summed E-state index contributed by atoms with van der Waals surface area (Å²) in [6, 6.07) is 8.75. The molecule has 4 amide bonds. The monoisotopic (exact) mass is 594 g/mol. The number of carboxylic acid groups (broad SMARTS) is 1.